The zero-order valence-corrected chi connectivity index (χ0v) is 18.4. The third-order valence-electron chi connectivity index (χ3n) is 5.49. The molecule has 4 aromatic rings. The summed E-state index contributed by atoms with van der Waals surface area (Å²) in [5, 5.41) is 14.2. The average Bonchev–Trinajstić information content (AvgIpc) is 3.31. The molecule has 1 aromatic carbocycles. The van der Waals surface area contributed by atoms with Crippen LogP contribution in [-0.4, -0.2) is 45.6 Å². The zero-order chi connectivity index (χ0) is 23.1. The number of nitrogens with zero attached hydrogens (tertiary/aromatic N) is 8. The molecule has 33 heavy (non-hydrogen) atoms. The Bertz CT molecular complexity index is 1340. The molecule has 0 bridgehead atoms. The maximum Gasteiger partial charge on any atom is 0.259 e. The number of imidazole rings is 1. The summed E-state index contributed by atoms with van der Waals surface area (Å²) in [6.45, 7) is 5.65. The molecule has 1 fully saturated rings. The number of carbonyl (C=O) groups is 1. The van der Waals surface area contributed by atoms with E-state index in [9.17, 15) is 9.18 Å². The van der Waals surface area contributed by atoms with Gasteiger partial charge in [0.1, 0.15) is 11.6 Å². The highest BCUT2D eigenvalue weighted by Gasteiger charge is 2.26. The first-order valence-corrected chi connectivity index (χ1v) is 10.7. The lowest BCUT2D eigenvalue weighted by molar-refractivity contribution is 0.102. The molecule has 0 spiro atoms. The third-order valence-corrected chi connectivity index (χ3v) is 5.49. The fraction of sp³-hybridized carbons (Fsp3) is 0.318. The summed E-state index contributed by atoms with van der Waals surface area (Å²) in [5.41, 5.74) is 2.32. The Kier molecular flexibility index (Phi) is 5.15. The van der Waals surface area contributed by atoms with Gasteiger partial charge in [0.05, 0.1) is 29.3 Å². The summed E-state index contributed by atoms with van der Waals surface area (Å²) in [6, 6.07) is 4.40. The Morgan fingerprint density at radius 3 is 2.82 bits per heavy atom. The van der Waals surface area contributed by atoms with Crippen LogP contribution in [0.5, 0.6) is 0 Å². The van der Waals surface area contributed by atoms with Crippen molar-refractivity contribution in [3.8, 4) is 17.3 Å². The van der Waals surface area contributed by atoms with Crippen molar-refractivity contribution in [1.29, 1.82) is 0 Å². The number of nitrogens with one attached hydrogen (secondary N) is 1. The van der Waals surface area contributed by atoms with Gasteiger partial charge in [-0.3, -0.25) is 4.79 Å². The number of tetrazole rings is 1. The van der Waals surface area contributed by atoms with E-state index in [1.54, 1.807) is 17.9 Å². The van der Waals surface area contributed by atoms with Gasteiger partial charge in [0, 0.05) is 18.3 Å². The van der Waals surface area contributed by atoms with Gasteiger partial charge in [-0.05, 0) is 67.8 Å². The van der Waals surface area contributed by atoms with Crippen LogP contribution in [-0.2, 0) is 0 Å². The van der Waals surface area contributed by atoms with E-state index in [0.29, 0.717) is 23.0 Å². The van der Waals surface area contributed by atoms with Gasteiger partial charge in [0.15, 0.2) is 0 Å². The van der Waals surface area contributed by atoms with Crippen LogP contribution in [0.25, 0.3) is 17.3 Å². The predicted octanol–water partition coefficient (Wildman–Crippen LogP) is 3.47. The van der Waals surface area contributed by atoms with Crippen LogP contribution in [0.3, 0.4) is 0 Å². The Balaban J connectivity index is 1.42. The summed E-state index contributed by atoms with van der Waals surface area (Å²) in [7, 11) is 0. The number of carbonyl (C=O) groups excluding carboxylic acids is 1. The molecular weight excluding hydrogens is 425 g/mol. The van der Waals surface area contributed by atoms with Crippen LogP contribution in [0.4, 0.5) is 10.2 Å². The maximum atomic E-state index is 14.7. The number of anilines is 1. The first kappa shape index (κ1) is 20.9. The van der Waals surface area contributed by atoms with Gasteiger partial charge in [0.25, 0.3) is 5.91 Å². The van der Waals surface area contributed by atoms with Crippen LogP contribution in [0.2, 0.25) is 0 Å². The highest BCUT2D eigenvalue weighted by molar-refractivity contribution is 6.04. The van der Waals surface area contributed by atoms with Crippen LogP contribution >= 0.6 is 0 Å². The van der Waals surface area contributed by atoms with E-state index < -0.39 is 11.7 Å². The lowest BCUT2D eigenvalue weighted by Gasteiger charge is -2.12. The molecule has 11 heteroatoms. The molecule has 10 nitrogen and oxygen atoms in total. The number of aromatic nitrogens is 8. The molecule has 0 unspecified atom stereocenters. The van der Waals surface area contributed by atoms with Gasteiger partial charge in [0.2, 0.25) is 11.6 Å². The molecule has 168 valence electrons. The number of hydrogen-bond acceptors (Lipinski definition) is 7. The lowest BCUT2D eigenvalue weighted by Crippen LogP contribution is -2.16. The minimum absolute atomic E-state index is 0.000490. The van der Waals surface area contributed by atoms with Gasteiger partial charge < -0.3 is 9.88 Å². The molecule has 3 aromatic heterocycles. The van der Waals surface area contributed by atoms with Gasteiger partial charge in [-0.15, -0.1) is 5.10 Å². The van der Waals surface area contributed by atoms with Crippen LogP contribution in [0.1, 0.15) is 60.3 Å². The fourth-order valence-electron chi connectivity index (χ4n) is 3.58. The van der Waals surface area contributed by atoms with Crippen LogP contribution < -0.4 is 5.32 Å². The molecule has 0 radical (unpaired) electrons. The molecule has 1 saturated carbocycles. The second-order valence-electron chi connectivity index (χ2n) is 8.36. The van der Waals surface area contributed by atoms with Crippen molar-refractivity contribution in [3.05, 3.63) is 59.6 Å². The molecule has 3 heterocycles. The van der Waals surface area contributed by atoms with Crippen molar-refractivity contribution >= 4 is 11.7 Å². The van der Waals surface area contributed by atoms with Crippen molar-refractivity contribution in [2.75, 3.05) is 5.32 Å². The van der Waals surface area contributed by atoms with E-state index in [1.807, 2.05) is 24.6 Å². The molecule has 0 saturated heterocycles. The maximum absolute atomic E-state index is 14.7. The van der Waals surface area contributed by atoms with Crippen molar-refractivity contribution < 1.29 is 9.18 Å². The Hall–Kier alpha value is -4.02. The summed E-state index contributed by atoms with van der Waals surface area (Å²) in [4.78, 5) is 25.9. The van der Waals surface area contributed by atoms with Gasteiger partial charge >= 0.3 is 0 Å². The normalized spacial score (nSPS) is 13.5. The number of hydrogen-bond donors (Lipinski definition) is 1. The molecule has 0 atom stereocenters. The standard InChI is InChI=1S/C22H22FN9O/c1-12(2)32-21(28-29-30-32)20-24-7-6-19(26-20)27-22(33)15-9-18(13(3)8-16(15)23)31-10-17(25-11-31)14-4-5-14/h6-12,14H,4-5H2,1-3H3,(H,24,26,27,33). The van der Waals surface area contributed by atoms with E-state index in [-0.39, 0.29) is 23.2 Å². The summed E-state index contributed by atoms with van der Waals surface area (Å²) in [5.74, 6) is 0.0969. The molecule has 5 rings (SSSR count). The average molecular weight is 447 g/mol. The van der Waals surface area contributed by atoms with E-state index in [1.165, 1.54) is 24.4 Å². The van der Waals surface area contributed by atoms with E-state index in [4.69, 9.17) is 0 Å². The zero-order valence-electron chi connectivity index (χ0n) is 18.4. The highest BCUT2D eigenvalue weighted by atomic mass is 19.1. The van der Waals surface area contributed by atoms with Crippen LogP contribution in [0, 0.1) is 12.7 Å². The topological polar surface area (TPSA) is 116 Å². The Morgan fingerprint density at radius 2 is 2.06 bits per heavy atom. The van der Waals surface area contributed by atoms with Gasteiger partial charge in [-0.25, -0.2) is 24.0 Å². The first-order chi connectivity index (χ1) is 15.9. The van der Waals surface area contributed by atoms with Crippen molar-refractivity contribution in [2.45, 2.75) is 45.6 Å². The van der Waals surface area contributed by atoms with E-state index >= 15 is 0 Å². The second kappa shape index (κ2) is 8.15. The smallest absolute Gasteiger partial charge is 0.259 e. The van der Waals surface area contributed by atoms with E-state index in [0.717, 1.165) is 18.5 Å². The number of halogens is 1. The van der Waals surface area contributed by atoms with Crippen LogP contribution in [0.15, 0.2) is 36.9 Å². The SMILES string of the molecule is Cc1cc(F)c(C(=O)Nc2ccnc(-c3nnnn3C(C)C)n2)cc1-n1cnc(C2CC2)c1. The lowest BCUT2D eigenvalue weighted by atomic mass is 10.1. The summed E-state index contributed by atoms with van der Waals surface area (Å²) < 4.78 is 18.1. The van der Waals surface area contributed by atoms with Crippen molar-refractivity contribution in [3.63, 3.8) is 0 Å². The second-order valence-corrected chi connectivity index (χ2v) is 8.36. The van der Waals surface area contributed by atoms with Gasteiger partial charge in [-0.1, -0.05) is 0 Å². The van der Waals surface area contributed by atoms with Crippen molar-refractivity contribution in [2.24, 2.45) is 0 Å². The molecule has 1 aliphatic carbocycles. The first-order valence-electron chi connectivity index (χ1n) is 10.7. The van der Waals surface area contributed by atoms with E-state index in [2.05, 4.69) is 35.8 Å². The quantitative estimate of drug-likeness (QED) is 0.481. The van der Waals surface area contributed by atoms with Crippen molar-refractivity contribution in [1.82, 2.24) is 39.7 Å². The molecular formula is C22H22FN9O. The monoisotopic (exact) mass is 447 g/mol. The number of benzene rings is 1. The number of rotatable bonds is 6. The number of aryl methyl sites for hydroxylation is 1. The third kappa shape index (κ3) is 4.09. The fourth-order valence-corrected chi connectivity index (χ4v) is 3.58. The van der Waals surface area contributed by atoms with Gasteiger partial charge in [-0.2, -0.15) is 0 Å². The summed E-state index contributed by atoms with van der Waals surface area (Å²) in [6.07, 6.45) is 7.40. The predicted molar refractivity (Wildman–Crippen MR) is 117 cm³/mol. The molecule has 0 aliphatic heterocycles. The number of amides is 1. The highest BCUT2D eigenvalue weighted by Crippen LogP contribution is 2.39. The largest absolute Gasteiger partial charge is 0.306 e. The minimum Gasteiger partial charge on any atom is -0.306 e. The summed E-state index contributed by atoms with van der Waals surface area (Å²) >= 11 is 0. The molecule has 1 amide bonds. The Morgan fingerprint density at radius 1 is 1.24 bits per heavy atom. The Labute approximate surface area is 188 Å². The molecule has 1 aliphatic rings. The minimum atomic E-state index is -0.621. The molecule has 1 N–H and O–H groups in total.